The summed E-state index contributed by atoms with van der Waals surface area (Å²) in [7, 11) is 3.67. The molecule has 11 nitrogen and oxygen atoms in total. The fourth-order valence-corrected chi connectivity index (χ4v) is 5.07. The molecule has 0 radical (unpaired) electrons. The van der Waals surface area contributed by atoms with Crippen molar-refractivity contribution in [3.63, 3.8) is 0 Å². The second-order valence-electron chi connectivity index (χ2n) is 9.57. The number of aromatic nitrogens is 7. The van der Waals surface area contributed by atoms with Crippen LogP contribution in [0.15, 0.2) is 59.9 Å². The smallest absolute Gasteiger partial charge is 0.252 e. The van der Waals surface area contributed by atoms with Crippen LogP contribution in [0.25, 0.3) is 10.9 Å². The van der Waals surface area contributed by atoms with Gasteiger partial charge in [-0.25, -0.2) is 15.0 Å². The number of hydrogen-bond donors (Lipinski definition) is 2. The minimum absolute atomic E-state index is 0.157. The van der Waals surface area contributed by atoms with Gasteiger partial charge in [-0.2, -0.15) is 10.1 Å². The Labute approximate surface area is 229 Å². The van der Waals surface area contributed by atoms with E-state index in [9.17, 15) is 4.79 Å². The zero-order valence-electron chi connectivity index (χ0n) is 21.8. The number of hydrogen-bond acceptors (Lipinski definition) is 9. The summed E-state index contributed by atoms with van der Waals surface area (Å²) in [6.45, 7) is 3.38. The van der Waals surface area contributed by atoms with Gasteiger partial charge in [0.25, 0.3) is 5.56 Å². The number of fused-ring (bicyclic) bond motifs is 2. The summed E-state index contributed by atoms with van der Waals surface area (Å²) in [5, 5.41) is 12.5. The molecule has 1 aromatic carbocycles. The fraction of sp³-hybridized carbons (Fsp3) is 0.259. The van der Waals surface area contributed by atoms with E-state index >= 15 is 0 Å². The van der Waals surface area contributed by atoms with E-state index in [0.717, 1.165) is 29.6 Å². The third-order valence-corrected chi connectivity index (χ3v) is 7.12. The Kier molecular flexibility index (Phi) is 6.35. The number of pyridine rings is 1. The number of nitrogens with zero attached hydrogens (tertiary/aromatic N) is 8. The van der Waals surface area contributed by atoms with Crippen LogP contribution in [0.2, 0.25) is 5.02 Å². The first kappa shape index (κ1) is 24.8. The molecule has 2 N–H and O–H groups in total. The van der Waals surface area contributed by atoms with Crippen LogP contribution in [-0.4, -0.2) is 40.8 Å². The van der Waals surface area contributed by atoms with Gasteiger partial charge in [0, 0.05) is 74.9 Å². The molecular formula is C27H27ClN10O. The molecular weight excluding hydrogens is 516 g/mol. The first-order valence-electron chi connectivity index (χ1n) is 12.6. The summed E-state index contributed by atoms with van der Waals surface area (Å²) >= 11 is 6.55. The van der Waals surface area contributed by atoms with E-state index in [1.54, 1.807) is 42.3 Å². The SMILES string of the molecule is CC(Nc1cc(=O)n(C)c2c(Nc3nc(N4CCc5nn(C)cc5C4)ncc3Cl)cccc12)c1ncccn1. The van der Waals surface area contributed by atoms with Crippen molar-refractivity contribution in [2.75, 3.05) is 22.1 Å². The van der Waals surface area contributed by atoms with Gasteiger partial charge >= 0.3 is 0 Å². The Morgan fingerprint density at radius 3 is 2.72 bits per heavy atom. The third-order valence-electron chi connectivity index (χ3n) is 6.84. The van der Waals surface area contributed by atoms with Crippen LogP contribution < -0.4 is 21.1 Å². The van der Waals surface area contributed by atoms with E-state index in [-0.39, 0.29) is 11.6 Å². The van der Waals surface area contributed by atoms with Gasteiger partial charge in [-0.3, -0.25) is 9.48 Å². The van der Waals surface area contributed by atoms with Crippen molar-refractivity contribution in [1.82, 2.24) is 34.3 Å². The lowest BCUT2D eigenvalue weighted by molar-refractivity contribution is 0.687. The van der Waals surface area contributed by atoms with Gasteiger partial charge in [-0.05, 0) is 19.1 Å². The molecule has 0 saturated heterocycles. The molecule has 6 rings (SSSR count). The molecule has 5 heterocycles. The average molecular weight is 543 g/mol. The van der Waals surface area contributed by atoms with Gasteiger partial charge in [-0.15, -0.1) is 0 Å². The Balaban J connectivity index is 1.34. The summed E-state index contributed by atoms with van der Waals surface area (Å²) in [6, 6.07) is 8.94. The molecule has 0 amide bonds. The Morgan fingerprint density at radius 1 is 1.08 bits per heavy atom. The molecule has 1 aliphatic heterocycles. The van der Waals surface area contributed by atoms with E-state index in [0.29, 0.717) is 46.0 Å². The number of aryl methyl sites for hydroxylation is 2. The van der Waals surface area contributed by atoms with Crippen molar-refractivity contribution >= 4 is 45.6 Å². The van der Waals surface area contributed by atoms with Gasteiger partial charge in [-0.1, -0.05) is 23.7 Å². The summed E-state index contributed by atoms with van der Waals surface area (Å²) in [5.41, 5.74) is 4.20. The van der Waals surface area contributed by atoms with Crippen LogP contribution in [0.4, 0.5) is 23.1 Å². The van der Waals surface area contributed by atoms with Crippen molar-refractivity contribution in [3.8, 4) is 0 Å². The number of halogens is 1. The zero-order chi connectivity index (χ0) is 27.1. The zero-order valence-corrected chi connectivity index (χ0v) is 22.5. The Hall–Kier alpha value is -4.51. The predicted molar refractivity (Wildman–Crippen MR) is 152 cm³/mol. The number of nitrogens with one attached hydrogen (secondary N) is 2. The lowest BCUT2D eigenvalue weighted by Crippen LogP contribution is -2.31. The molecule has 5 aromatic rings. The molecule has 0 spiro atoms. The normalized spacial score (nSPS) is 13.8. The largest absolute Gasteiger partial charge is 0.375 e. The molecule has 0 bridgehead atoms. The monoisotopic (exact) mass is 542 g/mol. The van der Waals surface area contributed by atoms with Crippen molar-refractivity contribution in [3.05, 3.63) is 87.6 Å². The predicted octanol–water partition coefficient (Wildman–Crippen LogP) is 3.98. The van der Waals surface area contributed by atoms with E-state index in [1.165, 1.54) is 0 Å². The molecule has 1 aliphatic rings. The lowest BCUT2D eigenvalue weighted by Gasteiger charge is -2.26. The molecule has 0 fully saturated rings. The van der Waals surface area contributed by atoms with E-state index < -0.39 is 0 Å². The highest BCUT2D eigenvalue weighted by Gasteiger charge is 2.22. The molecule has 0 saturated carbocycles. The van der Waals surface area contributed by atoms with E-state index in [2.05, 4.69) is 35.6 Å². The van der Waals surface area contributed by atoms with Gasteiger partial charge in [0.15, 0.2) is 5.82 Å². The standard InChI is InChI=1S/C27H27ClN10O/c1-16(25-29-9-5-10-30-25)32-22-12-23(39)37(3)24-18(22)6-4-7-21(24)33-26-19(28)13-31-27(34-26)38-11-8-20-17(15-38)14-36(2)35-20/h4-7,9-10,12-14,16,32H,8,11,15H2,1-3H3,(H,31,33,34). The molecule has 1 unspecified atom stereocenters. The molecule has 4 aromatic heterocycles. The maximum atomic E-state index is 13.0. The summed E-state index contributed by atoms with van der Waals surface area (Å²) < 4.78 is 3.45. The highest BCUT2D eigenvalue weighted by atomic mass is 35.5. The second kappa shape index (κ2) is 9.99. The Bertz CT molecular complexity index is 1730. The highest BCUT2D eigenvalue weighted by Crippen LogP contribution is 2.33. The summed E-state index contributed by atoms with van der Waals surface area (Å²) in [5.74, 6) is 1.67. The van der Waals surface area contributed by atoms with Crippen LogP contribution in [-0.2, 0) is 27.1 Å². The third kappa shape index (κ3) is 4.76. The minimum Gasteiger partial charge on any atom is -0.375 e. The maximum Gasteiger partial charge on any atom is 0.252 e. The van der Waals surface area contributed by atoms with Gasteiger partial charge < -0.3 is 20.1 Å². The van der Waals surface area contributed by atoms with Crippen LogP contribution in [0.1, 0.15) is 30.0 Å². The molecule has 12 heteroatoms. The quantitative estimate of drug-likeness (QED) is 0.328. The lowest BCUT2D eigenvalue weighted by atomic mass is 10.1. The van der Waals surface area contributed by atoms with Crippen LogP contribution >= 0.6 is 11.6 Å². The fourth-order valence-electron chi connectivity index (χ4n) is 4.93. The van der Waals surface area contributed by atoms with Crippen LogP contribution in [0.3, 0.4) is 0 Å². The molecule has 198 valence electrons. The maximum absolute atomic E-state index is 13.0. The number of rotatable bonds is 6. The number of benzene rings is 1. The first-order valence-corrected chi connectivity index (χ1v) is 13.0. The van der Waals surface area contributed by atoms with Gasteiger partial charge in [0.05, 0.1) is 29.1 Å². The molecule has 39 heavy (non-hydrogen) atoms. The molecule has 0 aliphatic carbocycles. The summed E-state index contributed by atoms with van der Waals surface area (Å²) in [4.78, 5) is 33.0. The topological polar surface area (TPSA) is 119 Å². The number of para-hydroxylation sites is 1. The molecule has 1 atom stereocenters. The second-order valence-corrected chi connectivity index (χ2v) is 9.98. The summed E-state index contributed by atoms with van der Waals surface area (Å²) in [6.07, 6.45) is 7.85. The van der Waals surface area contributed by atoms with Crippen molar-refractivity contribution in [2.45, 2.75) is 25.9 Å². The van der Waals surface area contributed by atoms with E-state index in [1.807, 2.05) is 43.0 Å². The minimum atomic E-state index is -0.207. The first-order chi connectivity index (χ1) is 18.9. The van der Waals surface area contributed by atoms with Crippen molar-refractivity contribution in [2.24, 2.45) is 14.1 Å². The highest BCUT2D eigenvalue weighted by molar-refractivity contribution is 6.33. The van der Waals surface area contributed by atoms with Gasteiger partial charge in [0.2, 0.25) is 5.95 Å². The van der Waals surface area contributed by atoms with E-state index in [4.69, 9.17) is 16.6 Å². The average Bonchev–Trinajstić information content (AvgIpc) is 3.32. The number of anilines is 4. The van der Waals surface area contributed by atoms with Crippen molar-refractivity contribution < 1.29 is 0 Å². The van der Waals surface area contributed by atoms with Crippen LogP contribution in [0.5, 0.6) is 0 Å². The Morgan fingerprint density at radius 2 is 1.90 bits per heavy atom. The van der Waals surface area contributed by atoms with Gasteiger partial charge in [0.1, 0.15) is 10.8 Å². The van der Waals surface area contributed by atoms with Crippen molar-refractivity contribution in [1.29, 1.82) is 0 Å². The van der Waals surface area contributed by atoms with Crippen LogP contribution in [0, 0.1) is 0 Å².